The van der Waals surface area contributed by atoms with Crippen LogP contribution in [0.3, 0.4) is 0 Å². The summed E-state index contributed by atoms with van der Waals surface area (Å²) < 4.78 is 10.8. The van der Waals surface area contributed by atoms with Gasteiger partial charge in [0.25, 0.3) is 0 Å². The largest absolute Gasteiger partial charge is 0.490 e. The summed E-state index contributed by atoms with van der Waals surface area (Å²) in [5.74, 6) is 1.17. The van der Waals surface area contributed by atoms with Crippen molar-refractivity contribution in [3.05, 3.63) is 71.7 Å². The Morgan fingerprint density at radius 2 is 1.90 bits per heavy atom. The molecule has 1 aliphatic rings. The zero-order valence-corrected chi connectivity index (χ0v) is 17.2. The Balaban J connectivity index is 1.49. The van der Waals surface area contributed by atoms with Crippen LogP contribution >= 0.6 is 0 Å². The first-order chi connectivity index (χ1) is 15.3. The van der Waals surface area contributed by atoms with Crippen LogP contribution in [0.15, 0.2) is 54.7 Å². The van der Waals surface area contributed by atoms with E-state index in [0.717, 1.165) is 48.9 Å². The minimum absolute atomic E-state index is 0.102. The van der Waals surface area contributed by atoms with Crippen LogP contribution in [0.2, 0.25) is 0 Å². The molecular weight excluding hydrogens is 392 g/mol. The fraction of sp³-hybridized carbons (Fsp3) is 0.292. The SMILES string of the molecule is N#Cc1cc(-c2ccnc(Cc3ccc(N4CCOCC4)cc3)n2)ccc1OCCO. The topological polar surface area (TPSA) is 91.5 Å². The maximum Gasteiger partial charge on any atom is 0.137 e. The minimum Gasteiger partial charge on any atom is -0.490 e. The van der Waals surface area contributed by atoms with Gasteiger partial charge in [-0.15, -0.1) is 0 Å². The lowest BCUT2D eigenvalue weighted by Gasteiger charge is -2.28. The second-order valence-electron chi connectivity index (χ2n) is 7.20. The fourth-order valence-electron chi connectivity index (χ4n) is 3.53. The summed E-state index contributed by atoms with van der Waals surface area (Å²) in [6.45, 7) is 3.41. The molecule has 2 heterocycles. The molecule has 7 nitrogen and oxygen atoms in total. The third-order valence-corrected chi connectivity index (χ3v) is 5.12. The molecule has 0 aliphatic carbocycles. The molecule has 0 radical (unpaired) electrons. The molecule has 7 heteroatoms. The molecule has 31 heavy (non-hydrogen) atoms. The monoisotopic (exact) mass is 416 g/mol. The van der Waals surface area contributed by atoms with Gasteiger partial charge in [-0.1, -0.05) is 12.1 Å². The highest BCUT2D eigenvalue weighted by molar-refractivity contribution is 5.64. The van der Waals surface area contributed by atoms with Crippen LogP contribution in [-0.4, -0.2) is 54.6 Å². The Morgan fingerprint density at radius 1 is 1.10 bits per heavy atom. The molecule has 4 rings (SSSR count). The zero-order chi connectivity index (χ0) is 21.5. The van der Waals surface area contributed by atoms with E-state index in [0.29, 0.717) is 17.7 Å². The van der Waals surface area contributed by atoms with Gasteiger partial charge in [0.2, 0.25) is 0 Å². The van der Waals surface area contributed by atoms with E-state index in [9.17, 15) is 5.26 Å². The number of nitrogens with zero attached hydrogens (tertiary/aromatic N) is 4. The van der Waals surface area contributed by atoms with Crippen molar-refractivity contribution < 1.29 is 14.6 Å². The number of nitriles is 1. The standard InChI is InChI=1S/C24H24N4O3/c25-17-20-16-19(3-6-23(20)31-14-11-29)22-7-8-26-24(27-22)15-18-1-4-21(5-2-18)28-9-12-30-13-10-28/h1-8,16,29H,9-15H2. The van der Waals surface area contributed by atoms with E-state index in [-0.39, 0.29) is 13.2 Å². The van der Waals surface area contributed by atoms with Gasteiger partial charge in [-0.2, -0.15) is 5.26 Å². The van der Waals surface area contributed by atoms with Crippen molar-refractivity contribution in [2.24, 2.45) is 0 Å². The van der Waals surface area contributed by atoms with Gasteiger partial charge in [-0.25, -0.2) is 9.97 Å². The number of aliphatic hydroxyl groups excluding tert-OH is 1. The Labute approximate surface area is 181 Å². The molecule has 3 aromatic rings. The van der Waals surface area contributed by atoms with E-state index in [2.05, 4.69) is 45.2 Å². The van der Waals surface area contributed by atoms with Crippen LogP contribution in [0, 0.1) is 11.3 Å². The number of morpholine rings is 1. The molecule has 1 saturated heterocycles. The van der Waals surface area contributed by atoms with E-state index in [1.165, 1.54) is 5.69 Å². The molecule has 1 fully saturated rings. The van der Waals surface area contributed by atoms with Crippen molar-refractivity contribution in [1.29, 1.82) is 5.26 Å². The molecule has 1 aromatic heterocycles. The predicted molar refractivity (Wildman–Crippen MR) is 117 cm³/mol. The minimum atomic E-state index is -0.102. The number of rotatable bonds is 7. The number of benzene rings is 2. The molecule has 158 valence electrons. The van der Waals surface area contributed by atoms with Crippen LogP contribution < -0.4 is 9.64 Å². The average molecular weight is 416 g/mol. The lowest BCUT2D eigenvalue weighted by atomic mass is 10.1. The van der Waals surface area contributed by atoms with Crippen molar-refractivity contribution in [3.63, 3.8) is 0 Å². The Kier molecular flexibility index (Phi) is 6.72. The van der Waals surface area contributed by atoms with E-state index in [1.54, 1.807) is 18.3 Å². The van der Waals surface area contributed by atoms with Crippen LogP contribution in [-0.2, 0) is 11.2 Å². The number of aromatic nitrogens is 2. The molecule has 0 saturated carbocycles. The summed E-state index contributed by atoms with van der Waals surface area (Å²) in [5, 5.41) is 18.3. The van der Waals surface area contributed by atoms with Crippen molar-refractivity contribution in [1.82, 2.24) is 9.97 Å². The second-order valence-corrected chi connectivity index (χ2v) is 7.20. The number of anilines is 1. The maximum atomic E-state index is 9.42. The van der Waals surface area contributed by atoms with Gasteiger partial charge in [0.1, 0.15) is 24.3 Å². The molecule has 1 aliphatic heterocycles. The lowest BCUT2D eigenvalue weighted by molar-refractivity contribution is 0.122. The molecule has 0 amide bonds. The van der Waals surface area contributed by atoms with Crippen molar-refractivity contribution >= 4 is 5.69 Å². The van der Waals surface area contributed by atoms with E-state index in [4.69, 9.17) is 14.6 Å². The van der Waals surface area contributed by atoms with Gasteiger partial charge >= 0.3 is 0 Å². The Hall–Kier alpha value is -3.47. The molecule has 1 N–H and O–H groups in total. The predicted octanol–water partition coefficient (Wildman–Crippen LogP) is 2.81. The second kappa shape index (κ2) is 10.0. The highest BCUT2D eigenvalue weighted by Gasteiger charge is 2.12. The summed E-state index contributed by atoms with van der Waals surface area (Å²) in [6, 6.07) is 17.8. The normalized spacial score (nSPS) is 13.6. The number of hydrogen-bond donors (Lipinski definition) is 1. The van der Waals surface area contributed by atoms with Crippen LogP contribution in [0.4, 0.5) is 5.69 Å². The third kappa shape index (κ3) is 5.18. The first-order valence-corrected chi connectivity index (χ1v) is 10.3. The Bertz CT molecular complexity index is 1060. The quantitative estimate of drug-likeness (QED) is 0.633. The summed E-state index contributed by atoms with van der Waals surface area (Å²) in [6.07, 6.45) is 2.36. The average Bonchev–Trinajstić information content (AvgIpc) is 2.84. The molecule has 0 bridgehead atoms. The first kappa shape index (κ1) is 20.8. The summed E-state index contributed by atoms with van der Waals surface area (Å²) >= 11 is 0. The fourth-order valence-corrected chi connectivity index (χ4v) is 3.53. The summed E-state index contributed by atoms with van der Waals surface area (Å²) in [5.41, 5.74) is 4.32. The lowest BCUT2D eigenvalue weighted by Crippen LogP contribution is -2.36. The highest BCUT2D eigenvalue weighted by Crippen LogP contribution is 2.25. The summed E-state index contributed by atoms with van der Waals surface area (Å²) in [7, 11) is 0. The van der Waals surface area contributed by atoms with Crippen LogP contribution in [0.1, 0.15) is 17.0 Å². The van der Waals surface area contributed by atoms with Gasteiger partial charge in [0.05, 0.1) is 31.1 Å². The van der Waals surface area contributed by atoms with E-state index in [1.807, 2.05) is 12.1 Å². The summed E-state index contributed by atoms with van der Waals surface area (Å²) in [4.78, 5) is 11.4. The zero-order valence-electron chi connectivity index (χ0n) is 17.2. The van der Waals surface area contributed by atoms with Crippen LogP contribution in [0.25, 0.3) is 11.3 Å². The molecule has 0 spiro atoms. The Morgan fingerprint density at radius 3 is 2.65 bits per heavy atom. The molecule has 0 atom stereocenters. The molecule has 2 aromatic carbocycles. The third-order valence-electron chi connectivity index (χ3n) is 5.12. The first-order valence-electron chi connectivity index (χ1n) is 10.3. The van der Waals surface area contributed by atoms with Gasteiger partial charge < -0.3 is 19.5 Å². The van der Waals surface area contributed by atoms with E-state index >= 15 is 0 Å². The van der Waals surface area contributed by atoms with Gasteiger partial charge in [0, 0.05) is 37.0 Å². The van der Waals surface area contributed by atoms with Crippen LogP contribution in [0.5, 0.6) is 5.75 Å². The number of hydrogen-bond acceptors (Lipinski definition) is 7. The number of aliphatic hydroxyl groups is 1. The smallest absolute Gasteiger partial charge is 0.137 e. The van der Waals surface area contributed by atoms with Crippen molar-refractivity contribution in [2.45, 2.75) is 6.42 Å². The highest BCUT2D eigenvalue weighted by atomic mass is 16.5. The molecule has 0 unspecified atom stereocenters. The van der Waals surface area contributed by atoms with E-state index < -0.39 is 0 Å². The molecular formula is C24H24N4O3. The van der Waals surface area contributed by atoms with Gasteiger partial charge in [0.15, 0.2) is 0 Å². The van der Waals surface area contributed by atoms with Crippen molar-refractivity contribution in [2.75, 3.05) is 44.4 Å². The number of ether oxygens (including phenoxy) is 2. The maximum absolute atomic E-state index is 9.42. The van der Waals surface area contributed by atoms with Gasteiger partial charge in [-0.05, 0) is 42.0 Å². The van der Waals surface area contributed by atoms with Gasteiger partial charge in [-0.3, -0.25) is 0 Å². The van der Waals surface area contributed by atoms with Crippen molar-refractivity contribution in [3.8, 4) is 23.1 Å².